The first kappa shape index (κ1) is 10.6. The van der Waals surface area contributed by atoms with Crippen LogP contribution in [0.1, 0.15) is 19.2 Å². The molecule has 4 nitrogen and oxygen atoms in total. The topological polar surface area (TPSA) is 44.0 Å². The summed E-state index contributed by atoms with van der Waals surface area (Å²) in [6.45, 7) is 5.55. The number of aromatic amines is 1. The summed E-state index contributed by atoms with van der Waals surface area (Å²) in [6, 6.07) is 0.631. The molecule has 0 spiro atoms. The highest BCUT2D eigenvalue weighted by molar-refractivity contribution is 4.89. The first-order valence-corrected chi connectivity index (χ1v) is 5.66. The van der Waals surface area contributed by atoms with E-state index in [1.54, 1.807) is 6.20 Å². The zero-order valence-electron chi connectivity index (χ0n) is 9.53. The second kappa shape index (κ2) is 4.77. The van der Waals surface area contributed by atoms with Crippen LogP contribution in [0, 0.1) is 5.92 Å². The van der Waals surface area contributed by atoms with Crippen molar-refractivity contribution in [3.63, 3.8) is 0 Å². The van der Waals surface area contributed by atoms with Gasteiger partial charge in [-0.05, 0) is 25.9 Å². The van der Waals surface area contributed by atoms with Crippen LogP contribution < -0.4 is 5.32 Å². The SMILES string of the molecule is CC1CN(C)CCC1NCc1ncc[nH]1. The van der Waals surface area contributed by atoms with Gasteiger partial charge in [0.15, 0.2) is 0 Å². The van der Waals surface area contributed by atoms with Crippen molar-refractivity contribution in [2.45, 2.75) is 25.9 Å². The van der Waals surface area contributed by atoms with Crippen LogP contribution in [-0.2, 0) is 6.54 Å². The number of H-pyrrole nitrogens is 1. The van der Waals surface area contributed by atoms with Crippen molar-refractivity contribution in [2.24, 2.45) is 5.92 Å². The zero-order chi connectivity index (χ0) is 10.7. The van der Waals surface area contributed by atoms with Gasteiger partial charge in [0.1, 0.15) is 5.82 Å². The molecule has 1 saturated heterocycles. The molecular weight excluding hydrogens is 188 g/mol. The Bertz CT molecular complexity index is 283. The molecule has 84 valence electrons. The number of hydrogen-bond acceptors (Lipinski definition) is 3. The minimum absolute atomic E-state index is 0.631. The molecule has 0 aromatic carbocycles. The fourth-order valence-electron chi connectivity index (χ4n) is 2.28. The van der Waals surface area contributed by atoms with Crippen molar-refractivity contribution < 1.29 is 0 Å². The highest BCUT2D eigenvalue weighted by atomic mass is 15.1. The third kappa shape index (κ3) is 2.79. The van der Waals surface area contributed by atoms with Gasteiger partial charge in [0, 0.05) is 25.0 Å². The Labute approximate surface area is 91.1 Å². The number of rotatable bonds is 3. The molecule has 1 aliphatic rings. The van der Waals surface area contributed by atoms with Crippen molar-refractivity contribution in [1.82, 2.24) is 20.2 Å². The summed E-state index contributed by atoms with van der Waals surface area (Å²) in [7, 11) is 2.19. The summed E-state index contributed by atoms with van der Waals surface area (Å²) in [5.41, 5.74) is 0. The van der Waals surface area contributed by atoms with E-state index in [0.717, 1.165) is 18.3 Å². The minimum atomic E-state index is 0.631. The summed E-state index contributed by atoms with van der Waals surface area (Å²) < 4.78 is 0. The molecule has 0 amide bonds. The molecule has 1 aromatic heterocycles. The summed E-state index contributed by atoms with van der Waals surface area (Å²) >= 11 is 0. The molecule has 2 unspecified atom stereocenters. The minimum Gasteiger partial charge on any atom is -0.348 e. The van der Waals surface area contributed by atoms with Gasteiger partial charge in [-0.3, -0.25) is 0 Å². The van der Waals surface area contributed by atoms with Crippen LogP contribution in [0.3, 0.4) is 0 Å². The summed E-state index contributed by atoms with van der Waals surface area (Å²) in [4.78, 5) is 9.73. The first-order valence-electron chi connectivity index (χ1n) is 5.66. The van der Waals surface area contributed by atoms with Gasteiger partial charge in [0.25, 0.3) is 0 Å². The lowest BCUT2D eigenvalue weighted by molar-refractivity contribution is 0.174. The van der Waals surface area contributed by atoms with Crippen molar-refractivity contribution in [1.29, 1.82) is 0 Å². The number of imidazole rings is 1. The molecule has 1 aliphatic heterocycles. The second-order valence-electron chi connectivity index (χ2n) is 4.55. The molecule has 2 N–H and O–H groups in total. The van der Waals surface area contributed by atoms with Crippen LogP contribution in [0.5, 0.6) is 0 Å². The largest absolute Gasteiger partial charge is 0.348 e. The van der Waals surface area contributed by atoms with E-state index < -0.39 is 0 Å². The molecule has 0 radical (unpaired) electrons. The molecule has 1 fully saturated rings. The molecule has 0 aliphatic carbocycles. The average molecular weight is 208 g/mol. The van der Waals surface area contributed by atoms with Crippen LogP contribution in [0.15, 0.2) is 12.4 Å². The maximum atomic E-state index is 4.21. The van der Waals surface area contributed by atoms with Gasteiger partial charge in [0.2, 0.25) is 0 Å². The van der Waals surface area contributed by atoms with Gasteiger partial charge < -0.3 is 15.2 Å². The van der Waals surface area contributed by atoms with Crippen molar-refractivity contribution >= 4 is 0 Å². The second-order valence-corrected chi connectivity index (χ2v) is 4.55. The third-order valence-corrected chi connectivity index (χ3v) is 3.19. The monoisotopic (exact) mass is 208 g/mol. The van der Waals surface area contributed by atoms with Gasteiger partial charge in [-0.25, -0.2) is 4.98 Å². The van der Waals surface area contributed by atoms with Crippen LogP contribution >= 0.6 is 0 Å². The Hall–Kier alpha value is -0.870. The Balaban J connectivity index is 1.79. The van der Waals surface area contributed by atoms with E-state index in [4.69, 9.17) is 0 Å². The maximum absolute atomic E-state index is 4.21. The molecule has 0 bridgehead atoms. The molecule has 4 heteroatoms. The summed E-state index contributed by atoms with van der Waals surface area (Å²) in [6.07, 6.45) is 4.91. The molecule has 15 heavy (non-hydrogen) atoms. The van der Waals surface area contributed by atoms with Gasteiger partial charge in [0.05, 0.1) is 6.54 Å². The average Bonchev–Trinajstić information content (AvgIpc) is 2.69. The number of aromatic nitrogens is 2. The van der Waals surface area contributed by atoms with E-state index in [1.165, 1.54) is 19.5 Å². The predicted octanol–water partition coefficient (Wildman–Crippen LogP) is 0.839. The van der Waals surface area contributed by atoms with Gasteiger partial charge in [-0.1, -0.05) is 6.92 Å². The lowest BCUT2D eigenvalue weighted by Crippen LogP contribution is -2.46. The Morgan fingerprint density at radius 1 is 1.67 bits per heavy atom. The van der Waals surface area contributed by atoms with Crippen LogP contribution in [0.25, 0.3) is 0 Å². The Kier molecular flexibility index (Phi) is 3.38. The number of nitrogens with zero attached hydrogens (tertiary/aromatic N) is 2. The number of nitrogens with one attached hydrogen (secondary N) is 2. The van der Waals surface area contributed by atoms with Crippen LogP contribution in [0.2, 0.25) is 0 Å². The predicted molar refractivity (Wildman–Crippen MR) is 60.5 cm³/mol. The molecule has 1 aromatic rings. The van der Waals surface area contributed by atoms with Crippen molar-refractivity contribution in [3.05, 3.63) is 18.2 Å². The zero-order valence-corrected chi connectivity index (χ0v) is 9.53. The highest BCUT2D eigenvalue weighted by Crippen LogP contribution is 2.15. The molecule has 0 saturated carbocycles. The molecular formula is C11H20N4. The van der Waals surface area contributed by atoms with Crippen LogP contribution in [-0.4, -0.2) is 41.0 Å². The fourth-order valence-corrected chi connectivity index (χ4v) is 2.28. The van der Waals surface area contributed by atoms with Crippen molar-refractivity contribution in [2.75, 3.05) is 20.1 Å². The Morgan fingerprint density at radius 3 is 3.20 bits per heavy atom. The number of hydrogen-bond donors (Lipinski definition) is 2. The maximum Gasteiger partial charge on any atom is 0.120 e. The quantitative estimate of drug-likeness (QED) is 0.773. The van der Waals surface area contributed by atoms with Crippen LogP contribution in [0.4, 0.5) is 0 Å². The van der Waals surface area contributed by atoms with E-state index >= 15 is 0 Å². The molecule has 2 atom stereocenters. The summed E-state index contributed by atoms with van der Waals surface area (Å²) in [5, 5.41) is 3.57. The molecule has 2 rings (SSSR count). The Morgan fingerprint density at radius 2 is 2.53 bits per heavy atom. The lowest BCUT2D eigenvalue weighted by atomic mass is 9.94. The normalized spacial score (nSPS) is 28.1. The van der Waals surface area contributed by atoms with Gasteiger partial charge in [-0.2, -0.15) is 0 Å². The molecule has 2 heterocycles. The van der Waals surface area contributed by atoms with Gasteiger partial charge >= 0.3 is 0 Å². The highest BCUT2D eigenvalue weighted by Gasteiger charge is 2.23. The van der Waals surface area contributed by atoms with E-state index in [-0.39, 0.29) is 0 Å². The van der Waals surface area contributed by atoms with E-state index in [9.17, 15) is 0 Å². The lowest BCUT2D eigenvalue weighted by Gasteiger charge is -2.35. The first-order chi connectivity index (χ1) is 7.25. The fraction of sp³-hybridized carbons (Fsp3) is 0.727. The smallest absolute Gasteiger partial charge is 0.120 e. The number of piperidine rings is 1. The third-order valence-electron chi connectivity index (χ3n) is 3.19. The van der Waals surface area contributed by atoms with Gasteiger partial charge in [-0.15, -0.1) is 0 Å². The van der Waals surface area contributed by atoms with E-state index in [2.05, 4.69) is 34.2 Å². The standard InChI is InChI=1S/C11H20N4/c1-9-8-15(2)6-3-10(9)14-7-11-12-4-5-13-11/h4-5,9-10,14H,3,6-8H2,1-2H3,(H,12,13). The van der Waals surface area contributed by atoms with E-state index in [1.807, 2.05) is 6.20 Å². The van der Waals surface area contributed by atoms with E-state index in [0.29, 0.717) is 6.04 Å². The van der Waals surface area contributed by atoms with Crippen molar-refractivity contribution in [3.8, 4) is 0 Å². The summed E-state index contributed by atoms with van der Waals surface area (Å²) in [5.74, 6) is 1.75. The number of likely N-dealkylation sites (tertiary alicyclic amines) is 1.